The third-order valence-electron chi connectivity index (χ3n) is 1.68. The van der Waals surface area contributed by atoms with Gasteiger partial charge in [-0.05, 0) is 5.56 Å². The summed E-state index contributed by atoms with van der Waals surface area (Å²) in [6.07, 6.45) is 3.03. The SMILES string of the molecule is c1ccc(CSc2ncncn2)cc1. The summed E-state index contributed by atoms with van der Waals surface area (Å²) in [5.74, 6) is 0.894. The first-order valence-corrected chi connectivity index (χ1v) is 5.22. The number of hydrogen-bond acceptors (Lipinski definition) is 4. The Hall–Kier alpha value is -1.42. The van der Waals surface area contributed by atoms with E-state index in [1.807, 2.05) is 18.2 Å². The summed E-state index contributed by atoms with van der Waals surface area (Å²) in [6.45, 7) is 0. The minimum atomic E-state index is 0.767. The van der Waals surface area contributed by atoms with E-state index in [0.717, 1.165) is 10.9 Å². The number of rotatable bonds is 3. The summed E-state index contributed by atoms with van der Waals surface area (Å²) >= 11 is 1.61. The van der Waals surface area contributed by atoms with Crippen LogP contribution in [-0.2, 0) is 5.75 Å². The molecule has 0 unspecified atom stereocenters. The Kier molecular flexibility index (Phi) is 3.08. The predicted octanol–water partition coefficient (Wildman–Crippen LogP) is 2.16. The lowest BCUT2D eigenvalue weighted by atomic mass is 10.2. The van der Waals surface area contributed by atoms with Crippen molar-refractivity contribution in [3.8, 4) is 0 Å². The highest BCUT2D eigenvalue weighted by Crippen LogP contribution is 2.17. The zero-order valence-corrected chi connectivity index (χ0v) is 8.31. The second kappa shape index (κ2) is 4.72. The maximum atomic E-state index is 4.03. The van der Waals surface area contributed by atoms with Crippen molar-refractivity contribution in [2.75, 3.05) is 0 Å². The maximum Gasteiger partial charge on any atom is 0.190 e. The molecular formula is C10H9N3S. The van der Waals surface area contributed by atoms with Crippen LogP contribution in [0.1, 0.15) is 5.56 Å². The molecule has 0 aliphatic carbocycles. The van der Waals surface area contributed by atoms with Crippen LogP contribution in [-0.4, -0.2) is 15.0 Å². The summed E-state index contributed by atoms with van der Waals surface area (Å²) in [5.41, 5.74) is 1.28. The first-order chi connectivity index (χ1) is 6.95. The monoisotopic (exact) mass is 203 g/mol. The lowest BCUT2D eigenvalue weighted by Gasteiger charge is -1.98. The van der Waals surface area contributed by atoms with Crippen molar-refractivity contribution >= 4 is 11.8 Å². The molecule has 14 heavy (non-hydrogen) atoms. The molecule has 0 saturated carbocycles. The smallest absolute Gasteiger partial charge is 0.190 e. The highest BCUT2D eigenvalue weighted by atomic mass is 32.2. The first kappa shape index (κ1) is 9.15. The van der Waals surface area contributed by atoms with Gasteiger partial charge in [0.25, 0.3) is 0 Å². The van der Waals surface area contributed by atoms with Crippen LogP contribution in [0.15, 0.2) is 48.1 Å². The zero-order chi connectivity index (χ0) is 9.64. The molecule has 3 nitrogen and oxygen atoms in total. The molecule has 0 spiro atoms. The summed E-state index contributed by atoms with van der Waals surface area (Å²) in [4.78, 5) is 11.8. The van der Waals surface area contributed by atoms with Crippen LogP contribution in [0.5, 0.6) is 0 Å². The zero-order valence-electron chi connectivity index (χ0n) is 7.50. The van der Waals surface area contributed by atoms with E-state index in [1.165, 1.54) is 18.2 Å². The second-order valence-corrected chi connectivity index (χ2v) is 3.64. The summed E-state index contributed by atoms with van der Waals surface area (Å²) in [7, 11) is 0. The van der Waals surface area contributed by atoms with Gasteiger partial charge in [0.2, 0.25) is 0 Å². The number of hydrogen-bond donors (Lipinski definition) is 0. The van der Waals surface area contributed by atoms with Gasteiger partial charge in [0.05, 0.1) is 0 Å². The van der Waals surface area contributed by atoms with Crippen LogP contribution in [0.3, 0.4) is 0 Å². The van der Waals surface area contributed by atoms with Crippen LogP contribution in [0.25, 0.3) is 0 Å². The van der Waals surface area contributed by atoms with Gasteiger partial charge in [-0.1, -0.05) is 42.1 Å². The molecular weight excluding hydrogens is 194 g/mol. The van der Waals surface area contributed by atoms with Crippen molar-refractivity contribution in [1.29, 1.82) is 0 Å². The van der Waals surface area contributed by atoms with Crippen molar-refractivity contribution in [2.24, 2.45) is 0 Å². The van der Waals surface area contributed by atoms with Gasteiger partial charge in [-0.2, -0.15) is 0 Å². The molecule has 1 heterocycles. The molecule has 2 rings (SSSR count). The van der Waals surface area contributed by atoms with E-state index in [9.17, 15) is 0 Å². The van der Waals surface area contributed by atoms with Gasteiger partial charge in [0.1, 0.15) is 12.7 Å². The number of aromatic nitrogens is 3. The van der Waals surface area contributed by atoms with Gasteiger partial charge >= 0.3 is 0 Å². The lowest BCUT2D eigenvalue weighted by Crippen LogP contribution is -1.87. The fourth-order valence-corrected chi connectivity index (χ4v) is 1.76. The van der Waals surface area contributed by atoms with Gasteiger partial charge in [-0.15, -0.1) is 0 Å². The molecule has 0 bridgehead atoms. The van der Waals surface area contributed by atoms with E-state index in [0.29, 0.717) is 0 Å². The molecule has 2 aromatic rings. The van der Waals surface area contributed by atoms with Crippen LogP contribution in [0.2, 0.25) is 0 Å². The topological polar surface area (TPSA) is 38.7 Å². The molecule has 70 valence electrons. The van der Waals surface area contributed by atoms with Crippen molar-refractivity contribution in [3.05, 3.63) is 48.5 Å². The fraction of sp³-hybridized carbons (Fsp3) is 0.100. The minimum Gasteiger partial charge on any atom is -0.225 e. The minimum absolute atomic E-state index is 0.767. The van der Waals surface area contributed by atoms with Crippen molar-refractivity contribution in [2.45, 2.75) is 10.9 Å². The number of benzene rings is 1. The fourth-order valence-electron chi connectivity index (χ4n) is 1.03. The molecule has 0 fully saturated rings. The molecule has 0 saturated heterocycles. The molecule has 0 aliphatic heterocycles. The maximum absolute atomic E-state index is 4.03. The average Bonchev–Trinajstić information content (AvgIpc) is 2.29. The van der Waals surface area contributed by atoms with Crippen LogP contribution < -0.4 is 0 Å². The third kappa shape index (κ3) is 2.53. The van der Waals surface area contributed by atoms with E-state index in [4.69, 9.17) is 0 Å². The van der Waals surface area contributed by atoms with Gasteiger partial charge < -0.3 is 0 Å². The van der Waals surface area contributed by atoms with E-state index in [-0.39, 0.29) is 0 Å². The first-order valence-electron chi connectivity index (χ1n) is 4.24. The van der Waals surface area contributed by atoms with Crippen molar-refractivity contribution in [1.82, 2.24) is 15.0 Å². The van der Waals surface area contributed by atoms with Gasteiger partial charge in [0, 0.05) is 5.75 Å². The van der Waals surface area contributed by atoms with Crippen molar-refractivity contribution < 1.29 is 0 Å². The van der Waals surface area contributed by atoms with E-state index in [1.54, 1.807) is 11.8 Å². The van der Waals surface area contributed by atoms with E-state index >= 15 is 0 Å². The molecule has 0 N–H and O–H groups in total. The molecule has 1 aromatic carbocycles. The Morgan fingerprint density at radius 1 is 1.00 bits per heavy atom. The molecule has 0 radical (unpaired) electrons. The predicted molar refractivity (Wildman–Crippen MR) is 55.8 cm³/mol. The highest BCUT2D eigenvalue weighted by molar-refractivity contribution is 7.98. The lowest BCUT2D eigenvalue weighted by molar-refractivity contribution is 0.901. The number of nitrogens with zero attached hydrogens (tertiary/aromatic N) is 3. The Bertz CT molecular complexity index is 338. The van der Waals surface area contributed by atoms with E-state index in [2.05, 4.69) is 27.1 Å². The average molecular weight is 203 g/mol. The molecule has 0 atom stereocenters. The van der Waals surface area contributed by atoms with Crippen LogP contribution in [0, 0.1) is 0 Å². The van der Waals surface area contributed by atoms with Gasteiger partial charge in [-0.3, -0.25) is 0 Å². The Balaban J connectivity index is 1.96. The Morgan fingerprint density at radius 2 is 1.71 bits per heavy atom. The standard InChI is InChI=1S/C10H9N3S/c1-2-4-9(5-3-1)6-14-10-12-7-11-8-13-10/h1-5,7-8H,6H2. The molecule has 0 aliphatic rings. The normalized spacial score (nSPS) is 10.0. The number of thioether (sulfide) groups is 1. The highest BCUT2D eigenvalue weighted by Gasteiger charge is 1.96. The van der Waals surface area contributed by atoms with Gasteiger partial charge in [-0.25, -0.2) is 15.0 Å². The van der Waals surface area contributed by atoms with Gasteiger partial charge in [0.15, 0.2) is 5.16 Å². The van der Waals surface area contributed by atoms with Crippen LogP contribution >= 0.6 is 11.8 Å². The molecule has 1 aromatic heterocycles. The summed E-state index contributed by atoms with van der Waals surface area (Å²) in [6, 6.07) is 10.3. The largest absolute Gasteiger partial charge is 0.225 e. The Labute approximate surface area is 86.6 Å². The van der Waals surface area contributed by atoms with Crippen molar-refractivity contribution in [3.63, 3.8) is 0 Å². The third-order valence-corrected chi connectivity index (χ3v) is 2.63. The summed E-state index contributed by atoms with van der Waals surface area (Å²) < 4.78 is 0. The summed E-state index contributed by atoms with van der Waals surface area (Å²) in [5, 5.41) is 0.767. The van der Waals surface area contributed by atoms with E-state index < -0.39 is 0 Å². The Morgan fingerprint density at radius 3 is 2.43 bits per heavy atom. The quantitative estimate of drug-likeness (QED) is 0.716. The molecule has 4 heteroatoms. The second-order valence-electron chi connectivity index (χ2n) is 2.70. The van der Waals surface area contributed by atoms with Crippen LogP contribution in [0.4, 0.5) is 0 Å². The molecule has 0 amide bonds.